The maximum absolute atomic E-state index is 9.71. The molecule has 4 heterocycles. The van der Waals surface area contributed by atoms with Crippen LogP contribution in [0.4, 0.5) is 0 Å². The number of thiazole rings is 1. The van der Waals surface area contributed by atoms with Gasteiger partial charge in [-0.3, -0.25) is 0 Å². The molecule has 0 atom stereocenters. The Balaban J connectivity index is 1.51. The van der Waals surface area contributed by atoms with E-state index in [1.807, 2.05) is 37.4 Å². The normalized spacial score (nSPS) is 14.7. The van der Waals surface area contributed by atoms with Gasteiger partial charge in [-0.2, -0.15) is 5.26 Å². The van der Waals surface area contributed by atoms with Crippen LogP contribution in [0.25, 0.3) is 32.7 Å². The highest BCUT2D eigenvalue weighted by atomic mass is 32.1. The molecule has 30 heavy (non-hydrogen) atoms. The molecule has 7 heteroatoms. The first-order valence-electron chi connectivity index (χ1n) is 9.91. The van der Waals surface area contributed by atoms with Gasteiger partial charge < -0.3 is 14.5 Å². The average molecular weight is 417 g/mol. The standard InChI is InChI=1S/C23H20N4O2S/c1-14-26-13-22(30-14)20-11-19-18(4-7-25-23(19)27-20)15-2-3-21(16(10-15)12-24)29-17-5-8-28-9-6-17/h2-4,7,10-11,13,17H,5-6,8-9H2,1H3,(H,25,27). The number of nitrogens with one attached hydrogen (secondary N) is 1. The first kappa shape index (κ1) is 18.8. The Morgan fingerprint density at radius 1 is 1.20 bits per heavy atom. The summed E-state index contributed by atoms with van der Waals surface area (Å²) in [5, 5.41) is 11.7. The number of aryl methyl sites for hydroxylation is 1. The van der Waals surface area contributed by atoms with Gasteiger partial charge in [0.05, 0.1) is 34.4 Å². The third-order valence-electron chi connectivity index (χ3n) is 5.29. The molecule has 1 aromatic carbocycles. The quantitative estimate of drug-likeness (QED) is 0.501. The van der Waals surface area contributed by atoms with E-state index in [9.17, 15) is 5.26 Å². The van der Waals surface area contributed by atoms with Gasteiger partial charge in [0.15, 0.2) is 0 Å². The maximum Gasteiger partial charge on any atom is 0.138 e. The van der Waals surface area contributed by atoms with E-state index in [4.69, 9.17) is 9.47 Å². The molecule has 0 radical (unpaired) electrons. The van der Waals surface area contributed by atoms with Crippen LogP contribution in [0.1, 0.15) is 23.4 Å². The molecule has 3 aromatic heterocycles. The van der Waals surface area contributed by atoms with Crippen LogP contribution in [0.3, 0.4) is 0 Å². The van der Waals surface area contributed by atoms with Crippen molar-refractivity contribution in [2.45, 2.75) is 25.9 Å². The minimum Gasteiger partial charge on any atom is -0.489 e. The van der Waals surface area contributed by atoms with E-state index in [1.54, 1.807) is 17.5 Å². The van der Waals surface area contributed by atoms with Gasteiger partial charge >= 0.3 is 0 Å². The van der Waals surface area contributed by atoms with E-state index in [0.29, 0.717) is 24.5 Å². The molecule has 0 saturated carbocycles. The van der Waals surface area contributed by atoms with Crippen LogP contribution in [-0.2, 0) is 4.74 Å². The average Bonchev–Trinajstić information content (AvgIpc) is 3.40. The molecule has 0 aliphatic carbocycles. The lowest BCUT2D eigenvalue weighted by atomic mass is 10.0. The third kappa shape index (κ3) is 3.56. The van der Waals surface area contributed by atoms with Crippen molar-refractivity contribution in [1.82, 2.24) is 15.0 Å². The number of rotatable bonds is 4. The Bertz CT molecular complexity index is 1250. The number of fused-ring (bicyclic) bond motifs is 1. The Morgan fingerprint density at radius 2 is 2.07 bits per heavy atom. The van der Waals surface area contributed by atoms with Gasteiger partial charge in [0, 0.05) is 30.6 Å². The third-order valence-corrected chi connectivity index (χ3v) is 6.24. The molecule has 0 unspecified atom stereocenters. The summed E-state index contributed by atoms with van der Waals surface area (Å²) in [7, 11) is 0. The van der Waals surface area contributed by atoms with E-state index >= 15 is 0 Å². The minimum atomic E-state index is 0.0967. The van der Waals surface area contributed by atoms with Crippen LogP contribution < -0.4 is 4.74 Å². The molecular formula is C23H20N4O2S. The molecular weight excluding hydrogens is 396 g/mol. The first-order valence-corrected chi connectivity index (χ1v) is 10.7. The number of hydrogen-bond donors (Lipinski definition) is 1. The van der Waals surface area contributed by atoms with Crippen LogP contribution in [0, 0.1) is 18.3 Å². The topological polar surface area (TPSA) is 83.8 Å². The number of ether oxygens (including phenoxy) is 2. The molecule has 0 amide bonds. The van der Waals surface area contributed by atoms with Gasteiger partial charge in [-0.05, 0) is 42.3 Å². The fourth-order valence-corrected chi connectivity index (χ4v) is 4.51. The zero-order valence-corrected chi connectivity index (χ0v) is 17.3. The highest BCUT2D eigenvalue weighted by molar-refractivity contribution is 7.15. The van der Waals surface area contributed by atoms with Gasteiger partial charge in [-0.15, -0.1) is 11.3 Å². The monoisotopic (exact) mass is 416 g/mol. The van der Waals surface area contributed by atoms with Crippen molar-refractivity contribution in [2.75, 3.05) is 13.2 Å². The summed E-state index contributed by atoms with van der Waals surface area (Å²) >= 11 is 1.64. The number of aromatic nitrogens is 3. The number of nitrogens with zero attached hydrogens (tertiary/aromatic N) is 3. The Kier molecular flexibility index (Phi) is 4.95. The Morgan fingerprint density at radius 3 is 2.83 bits per heavy atom. The molecule has 5 rings (SSSR count). The molecule has 0 bridgehead atoms. The lowest BCUT2D eigenvalue weighted by molar-refractivity contribution is 0.0254. The number of nitriles is 1. The van der Waals surface area contributed by atoms with Crippen molar-refractivity contribution in [3.8, 4) is 33.5 Å². The lowest BCUT2D eigenvalue weighted by Crippen LogP contribution is -2.26. The van der Waals surface area contributed by atoms with Gasteiger partial charge in [-0.25, -0.2) is 9.97 Å². The summed E-state index contributed by atoms with van der Waals surface area (Å²) in [5.74, 6) is 0.633. The summed E-state index contributed by atoms with van der Waals surface area (Å²) in [6.45, 7) is 3.40. The maximum atomic E-state index is 9.71. The van der Waals surface area contributed by atoms with Gasteiger partial charge in [0.1, 0.15) is 23.6 Å². The van der Waals surface area contributed by atoms with Gasteiger partial charge in [-0.1, -0.05) is 6.07 Å². The SMILES string of the molecule is Cc1ncc(-c2cc3c(-c4ccc(OC5CCOCC5)c(C#N)c4)ccnc3[nH]2)s1. The van der Waals surface area contributed by atoms with Crippen molar-refractivity contribution in [3.63, 3.8) is 0 Å². The molecule has 6 nitrogen and oxygen atoms in total. The predicted octanol–water partition coefficient (Wildman–Crippen LogP) is 5.09. The zero-order valence-electron chi connectivity index (χ0n) is 16.5. The van der Waals surface area contributed by atoms with Crippen molar-refractivity contribution < 1.29 is 9.47 Å². The molecule has 1 aliphatic heterocycles. The van der Waals surface area contributed by atoms with Gasteiger partial charge in [0.2, 0.25) is 0 Å². The molecule has 1 fully saturated rings. The van der Waals surface area contributed by atoms with Crippen LogP contribution in [-0.4, -0.2) is 34.3 Å². The van der Waals surface area contributed by atoms with E-state index in [1.165, 1.54) is 0 Å². The predicted molar refractivity (Wildman–Crippen MR) is 117 cm³/mol. The summed E-state index contributed by atoms with van der Waals surface area (Å²) in [4.78, 5) is 13.3. The molecule has 4 aromatic rings. The summed E-state index contributed by atoms with van der Waals surface area (Å²) in [6.07, 6.45) is 5.45. The summed E-state index contributed by atoms with van der Waals surface area (Å²) in [6, 6.07) is 12.2. The second kappa shape index (κ2) is 7.90. The van der Waals surface area contributed by atoms with Crippen LogP contribution in [0.2, 0.25) is 0 Å². The van der Waals surface area contributed by atoms with Gasteiger partial charge in [0.25, 0.3) is 0 Å². The minimum absolute atomic E-state index is 0.0967. The molecule has 1 saturated heterocycles. The van der Waals surface area contributed by atoms with E-state index in [-0.39, 0.29) is 6.10 Å². The van der Waals surface area contributed by atoms with Crippen molar-refractivity contribution in [3.05, 3.63) is 53.3 Å². The molecule has 0 spiro atoms. The van der Waals surface area contributed by atoms with Crippen molar-refractivity contribution >= 4 is 22.4 Å². The largest absolute Gasteiger partial charge is 0.489 e. The summed E-state index contributed by atoms with van der Waals surface area (Å²) in [5.41, 5.74) is 4.34. The lowest BCUT2D eigenvalue weighted by Gasteiger charge is -2.23. The van der Waals surface area contributed by atoms with E-state index < -0.39 is 0 Å². The smallest absolute Gasteiger partial charge is 0.138 e. The molecule has 1 N–H and O–H groups in total. The van der Waals surface area contributed by atoms with E-state index in [0.717, 1.165) is 50.6 Å². The number of benzene rings is 1. The Hall–Kier alpha value is -3.21. The zero-order chi connectivity index (χ0) is 20.5. The Labute approximate surface area is 178 Å². The highest BCUT2D eigenvalue weighted by Gasteiger charge is 2.18. The van der Waals surface area contributed by atoms with Crippen LogP contribution >= 0.6 is 11.3 Å². The fourth-order valence-electron chi connectivity index (χ4n) is 3.76. The number of H-pyrrole nitrogens is 1. The second-order valence-electron chi connectivity index (χ2n) is 7.30. The number of hydrogen-bond acceptors (Lipinski definition) is 6. The molecule has 150 valence electrons. The van der Waals surface area contributed by atoms with Crippen LogP contribution in [0.5, 0.6) is 5.75 Å². The summed E-state index contributed by atoms with van der Waals surface area (Å²) < 4.78 is 11.5. The van der Waals surface area contributed by atoms with Crippen molar-refractivity contribution in [1.29, 1.82) is 5.26 Å². The number of pyridine rings is 1. The fraction of sp³-hybridized carbons (Fsp3) is 0.261. The van der Waals surface area contributed by atoms with Crippen molar-refractivity contribution in [2.24, 2.45) is 0 Å². The molecule has 1 aliphatic rings. The first-order chi connectivity index (χ1) is 14.7. The highest BCUT2D eigenvalue weighted by Crippen LogP contribution is 2.35. The number of aromatic amines is 1. The van der Waals surface area contributed by atoms with Crippen LogP contribution in [0.15, 0.2) is 42.7 Å². The second-order valence-corrected chi connectivity index (χ2v) is 8.53. The van der Waals surface area contributed by atoms with E-state index in [2.05, 4.69) is 27.1 Å².